The largest absolute Gasteiger partial charge is 0.504 e. The fraction of sp³-hybridized carbons (Fsp3) is 0.600. The van der Waals surface area contributed by atoms with Crippen LogP contribution in [0.1, 0.15) is 53.5 Å². The first-order valence-corrected chi connectivity index (χ1v) is 12.9. The number of carbonyl (C=O) groups is 4. The van der Waals surface area contributed by atoms with Gasteiger partial charge in [0.05, 0.1) is 0 Å². The second-order valence-corrected chi connectivity index (χ2v) is 12.8. The summed E-state index contributed by atoms with van der Waals surface area (Å²) in [6, 6.07) is 2.69. The summed E-state index contributed by atoms with van der Waals surface area (Å²) in [5.74, 6) is -2.57. The van der Waals surface area contributed by atoms with E-state index >= 15 is 0 Å². The van der Waals surface area contributed by atoms with Crippen molar-refractivity contribution in [3.63, 3.8) is 0 Å². The number of halogens is 1. The van der Waals surface area contributed by atoms with E-state index in [1.54, 1.807) is 48.6 Å². The zero-order chi connectivity index (χ0) is 29.3. The van der Waals surface area contributed by atoms with Crippen LogP contribution in [0.2, 0.25) is 0 Å². The normalized spacial score (nSPS) is 13.1. The minimum absolute atomic E-state index is 0.0465. The van der Waals surface area contributed by atoms with Crippen LogP contribution < -0.4 is 5.32 Å². The third kappa shape index (κ3) is 13.5. The number of benzene rings is 1. The quantitative estimate of drug-likeness (QED) is 0.0800. The summed E-state index contributed by atoms with van der Waals surface area (Å²) in [5, 5.41) is 21.6. The Morgan fingerprint density at radius 2 is 1.66 bits per heavy atom. The maximum Gasteiger partial charge on any atom is 0.410 e. The second-order valence-electron chi connectivity index (χ2n) is 10.2. The van der Waals surface area contributed by atoms with Crippen molar-refractivity contribution in [2.45, 2.75) is 69.6 Å². The fourth-order valence-electron chi connectivity index (χ4n) is 3.06. The molecule has 1 unspecified atom stereocenters. The number of rotatable bonds is 11. The number of nitrogens with one attached hydrogen (secondary N) is 1. The molecular formula is C25H37IN2O10. The highest BCUT2D eigenvalue weighted by Crippen LogP contribution is 2.25. The molecule has 12 nitrogen and oxygen atoms in total. The predicted octanol–water partition coefficient (Wildman–Crippen LogP) is 3.84. The van der Waals surface area contributed by atoms with Crippen molar-refractivity contribution in [3.8, 4) is 11.5 Å². The number of hydrogen-bond acceptors (Lipinski definition) is 10. The molecule has 0 saturated heterocycles. The van der Waals surface area contributed by atoms with E-state index in [0.29, 0.717) is 5.56 Å². The Bertz CT molecular complexity index is 987. The van der Waals surface area contributed by atoms with Crippen LogP contribution in [0.25, 0.3) is 0 Å². The third-order valence-electron chi connectivity index (χ3n) is 4.62. The summed E-state index contributed by atoms with van der Waals surface area (Å²) < 4.78 is 19.8. The summed E-state index contributed by atoms with van der Waals surface area (Å²) in [6.45, 7) is 9.74. The predicted molar refractivity (Wildman–Crippen MR) is 145 cm³/mol. The van der Waals surface area contributed by atoms with Crippen molar-refractivity contribution in [1.82, 2.24) is 10.2 Å². The van der Waals surface area contributed by atoms with Gasteiger partial charge in [-0.3, -0.25) is 4.79 Å². The zero-order valence-corrected chi connectivity index (χ0v) is 24.9. The van der Waals surface area contributed by atoms with Gasteiger partial charge in [-0.05, 0) is 80.8 Å². The van der Waals surface area contributed by atoms with E-state index in [4.69, 9.17) is 18.9 Å². The van der Waals surface area contributed by atoms with Gasteiger partial charge in [-0.1, -0.05) is 13.0 Å². The Balaban J connectivity index is 2.67. The molecule has 0 fully saturated rings. The number of aromatic hydroxyl groups is 2. The molecule has 2 amide bonds. The van der Waals surface area contributed by atoms with Crippen molar-refractivity contribution in [2.24, 2.45) is 5.92 Å². The lowest BCUT2D eigenvalue weighted by Crippen LogP contribution is -2.45. The van der Waals surface area contributed by atoms with Crippen molar-refractivity contribution in [3.05, 3.63) is 23.8 Å². The molecular weight excluding hydrogens is 615 g/mol. The third-order valence-corrected chi connectivity index (χ3v) is 4.84. The van der Waals surface area contributed by atoms with Gasteiger partial charge in [-0.25, -0.2) is 14.4 Å². The number of alkyl carbamates (subject to hydrolysis) is 1. The molecule has 0 radical (unpaired) electrons. The van der Waals surface area contributed by atoms with Crippen molar-refractivity contribution in [1.29, 1.82) is 0 Å². The topological polar surface area (TPSA) is 161 Å². The van der Waals surface area contributed by atoms with Crippen LogP contribution in [0, 0.1) is 5.92 Å². The van der Waals surface area contributed by atoms with E-state index in [9.17, 15) is 29.4 Å². The number of phenolic OH excluding ortho intramolecular Hbond substituents is 2. The number of nitrogens with zero attached hydrogens (tertiary/aromatic N) is 1. The van der Waals surface area contributed by atoms with Crippen molar-refractivity contribution >= 4 is 46.7 Å². The van der Waals surface area contributed by atoms with Gasteiger partial charge < -0.3 is 39.4 Å². The van der Waals surface area contributed by atoms with Crippen molar-refractivity contribution < 1.29 is 48.3 Å². The molecule has 0 aliphatic carbocycles. The lowest BCUT2D eigenvalue weighted by Gasteiger charge is -2.25. The fourth-order valence-corrected chi connectivity index (χ4v) is 3.25. The second kappa shape index (κ2) is 14.3. The van der Waals surface area contributed by atoms with Gasteiger partial charge in [-0.2, -0.15) is 0 Å². The molecule has 0 bridgehead atoms. The maximum atomic E-state index is 12.7. The van der Waals surface area contributed by atoms with Gasteiger partial charge in [0, 0.05) is 26.4 Å². The molecule has 1 aromatic carbocycles. The smallest absolute Gasteiger partial charge is 0.410 e. The number of ether oxygens (including phenoxy) is 4. The number of phenols is 2. The summed E-state index contributed by atoms with van der Waals surface area (Å²) >= 11 is 1.99. The van der Waals surface area contributed by atoms with E-state index in [1.165, 1.54) is 23.1 Å². The van der Waals surface area contributed by atoms with Crippen LogP contribution in [0.3, 0.4) is 0 Å². The molecule has 1 rings (SSSR count). The first-order valence-electron chi connectivity index (χ1n) is 11.8. The summed E-state index contributed by atoms with van der Waals surface area (Å²) in [5.41, 5.74) is -0.406. The van der Waals surface area contributed by atoms with Crippen LogP contribution in [-0.2, 0) is 35.0 Å². The van der Waals surface area contributed by atoms with Crippen LogP contribution in [-0.4, -0.2) is 74.9 Å². The van der Waals surface area contributed by atoms with Crippen LogP contribution >= 0.6 is 22.6 Å². The molecule has 13 heteroatoms. The van der Waals surface area contributed by atoms with Crippen molar-refractivity contribution in [2.75, 3.05) is 20.4 Å². The molecule has 0 aromatic heterocycles. The van der Waals surface area contributed by atoms with Gasteiger partial charge in [-0.15, -0.1) is 0 Å². The lowest BCUT2D eigenvalue weighted by atomic mass is 10.1. The van der Waals surface area contributed by atoms with Gasteiger partial charge in [0.15, 0.2) is 15.1 Å². The van der Waals surface area contributed by atoms with E-state index in [2.05, 4.69) is 5.32 Å². The number of carbonyl (C=O) groups excluding carboxylic acids is 4. The number of esters is 2. The zero-order valence-electron chi connectivity index (χ0n) is 22.7. The van der Waals surface area contributed by atoms with Crippen LogP contribution in [0.15, 0.2) is 18.2 Å². The summed E-state index contributed by atoms with van der Waals surface area (Å²) in [7, 11) is 1.56. The van der Waals surface area contributed by atoms with E-state index in [0.717, 1.165) is 0 Å². The average molecular weight is 652 g/mol. The van der Waals surface area contributed by atoms with Gasteiger partial charge >= 0.3 is 24.1 Å². The minimum atomic E-state index is -1.24. The molecule has 0 spiro atoms. The first kappa shape index (κ1) is 33.1. The van der Waals surface area contributed by atoms with Crippen LogP contribution in [0.4, 0.5) is 9.59 Å². The molecule has 38 heavy (non-hydrogen) atoms. The minimum Gasteiger partial charge on any atom is -0.504 e. The van der Waals surface area contributed by atoms with Gasteiger partial charge in [0.2, 0.25) is 6.79 Å². The average Bonchev–Trinajstić information content (AvgIpc) is 2.73. The monoisotopic (exact) mass is 652 g/mol. The molecule has 2 atom stereocenters. The highest BCUT2D eigenvalue weighted by molar-refractivity contribution is 14.1. The van der Waals surface area contributed by atoms with Gasteiger partial charge in [0.25, 0.3) is 0 Å². The highest BCUT2D eigenvalue weighted by atomic mass is 127. The van der Waals surface area contributed by atoms with Crippen LogP contribution in [0.5, 0.6) is 11.5 Å². The maximum absolute atomic E-state index is 12.7. The summed E-state index contributed by atoms with van der Waals surface area (Å²) in [4.78, 5) is 50.5. The first-order chi connectivity index (χ1) is 17.4. The Morgan fingerprint density at radius 3 is 2.21 bits per heavy atom. The molecule has 0 aliphatic heterocycles. The Kier molecular flexibility index (Phi) is 12.4. The molecule has 0 heterocycles. The molecule has 1 aromatic rings. The molecule has 0 saturated carbocycles. The van der Waals surface area contributed by atoms with E-state index in [-0.39, 0.29) is 31.1 Å². The molecule has 3 N–H and O–H groups in total. The Labute approximate surface area is 236 Å². The Morgan fingerprint density at radius 1 is 1.03 bits per heavy atom. The highest BCUT2D eigenvalue weighted by Gasteiger charge is 2.27. The van der Waals surface area contributed by atoms with E-state index in [1.807, 2.05) is 22.6 Å². The van der Waals surface area contributed by atoms with E-state index < -0.39 is 51.9 Å². The molecule has 0 aliphatic rings. The lowest BCUT2D eigenvalue weighted by molar-refractivity contribution is -0.169. The number of hydrogen-bond donors (Lipinski definition) is 3. The SMILES string of the molecule is CC(CC(=O)OCOC(=O)[C@H](Cc1ccc(O)c(O)c1)NC(=O)OC(C)(C)C)CN(C)C(=O)OC(C)(C)I. The summed E-state index contributed by atoms with van der Waals surface area (Å²) in [6.07, 6.45) is -1.55. The standard InChI is InChI=1S/C25H37IN2O10/c1-15(13-28(7)23(34)38-25(5,6)26)10-20(31)35-14-36-21(32)17(27-22(33)37-24(2,3)4)11-16-8-9-18(29)19(30)12-16/h8-9,12,15,17,29-30H,10-11,13-14H2,1-7H3,(H,27,33)/t15?,17-/m0/s1. The number of amides is 2. The number of alkyl halides is 1. The Hall–Kier alpha value is -2.97. The van der Waals surface area contributed by atoms with Gasteiger partial charge in [0.1, 0.15) is 11.6 Å². The molecule has 214 valence electrons.